The molecule has 2 aromatic rings. The molecule has 1 aliphatic rings. The normalized spacial score (nSPS) is 15.4. The lowest BCUT2D eigenvalue weighted by molar-refractivity contribution is 0.0828. The van der Waals surface area contributed by atoms with Gasteiger partial charge in [0.2, 0.25) is 0 Å². The number of aryl methyl sites for hydroxylation is 1. The molecule has 6 heteroatoms. The molecule has 1 fully saturated rings. The second-order valence-corrected chi connectivity index (χ2v) is 6.76. The molecule has 26 heavy (non-hydrogen) atoms. The van der Waals surface area contributed by atoms with Gasteiger partial charge in [-0.05, 0) is 48.4 Å². The number of carbonyl (C=O) groups excluding carboxylic acids is 1. The van der Waals surface area contributed by atoms with Gasteiger partial charge in [-0.1, -0.05) is 30.7 Å². The van der Waals surface area contributed by atoms with Gasteiger partial charge in [-0.15, -0.1) is 0 Å². The Balaban J connectivity index is 1.50. The van der Waals surface area contributed by atoms with Crippen LogP contribution in [0.3, 0.4) is 0 Å². The Morgan fingerprint density at radius 2 is 1.81 bits per heavy atom. The fourth-order valence-corrected chi connectivity index (χ4v) is 3.06. The van der Waals surface area contributed by atoms with E-state index < -0.39 is 6.10 Å². The summed E-state index contributed by atoms with van der Waals surface area (Å²) in [6.07, 6.45) is 0.236. The zero-order valence-electron chi connectivity index (χ0n) is 14.8. The van der Waals surface area contributed by atoms with Gasteiger partial charge in [0, 0.05) is 23.8 Å². The van der Waals surface area contributed by atoms with Crippen LogP contribution in [0, 0.1) is 0 Å². The Morgan fingerprint density at radius 3 is 2.46 bits per heavy atom. The number of amides is 2. The number of hydrogen-bond donors (Lipinski definition) is 1. The molecule has 0 spiro atoms. The second-order valence-electron chi connectivity index (χ2n) is 6.32. The van der Waals surface area contributed by atoms with Gasteiger partial charge in [-0.2, -0.15) is 0 Å². The zero-order chi connectivity index (χ0) is 18.5. The summed E-state index contributed by atoms with van der Waals surface area (Å²) in [7, 11) is 0. The largest absolute Gasteiger partial charge is 0.491 e. The van der Waals surface area contributed by atoms with Gasteiger partial charge in [0.15, 0.2) is 0 Å². The monoisotopic (exact) mass is 374 g/mol. The first-order valence-electron chi connectivity index (χ1n) is 8.78. The van der Waals surface area contributed by atoms with E-state index in [2.05, 4.69) is 6.92 Å². The van der Waals surface area contributed by atoms with Crippen molar-refractivity contribution in [1.82, 2.24) is 4.90 Å². The maximum atomic E-state index is 12.5. The first-order valence-corrected chi connectivity index (χ1v) is 9.16. The number of β-amino-alcohol motifs (C(OH)–C–C–N with tert-alkyl or cyclic N) is 1. The van der Waals surface area contributed by atoms with Crippen molar-refractivity contribution in [1.29, 1.82) is 0 Å². The van der Waals surface area contributed by atoms with E-state index in [4.69, 9.17) is 16.3 Å². The molecular weight excluding hydrogens is 352 g/mol. The summed E-state index contributed by atoms with van der Waals surface area (Å²) in [5, 5.41) is 10.9. The Kier molecular flexibility index (Phi) is 6.01. The Bertz CT molecular complexity index is 734. The van der Waals surface area contributed by atoms with Crippen molar-refractivity contribution in [3.8, 4) is 5.75 Å². The Labute approximate surface area is 158 Å². The lowest BCUT2D eigenvalue weighted by Gasteiger charge is -2.21. The molecule has 1 N–H and O–H groups in total. The minimum atomic E-state index is -0.741. The summed E-state index contributed by atoms with van der Waals surface area (Å²) in [4.78, 5) is 15.9. The lowest BCUT2D eigenvalue weighted by atomic mass is 10.2. The molecule has 1 aliphatic heterocycles. The van der Waals surface area contributed by atoms with Crippen LogP contribution in [-0.2, 0) is 6.42 Å². The van der Waals surface area contributed by atoms with Crippen molar-refractivity contribution in [3.63, 3.8) is 0 Å². The molecule has 0 bridgehead atoms. The fourth-order valence-electron chi connectivity index (χ4n) is 2.93. The summed E-state index contributed by atoms with van der Waals surface area (Å²) < 4.78 is 5.62. The van der Waals surface area contributed by atoms with E-state index >= 15 is 0 Å². The van der Waals surface area contributed by atoms with E-state index in [1.54, 1.807) is 21.9 Å². The predicted octanol–water partition coefficient (Wildman–Crippen LogP) is 3.58. The van der Waals surface area contributed by atoms with Gasteiger partial charge < -0.3 is 14.7 Å². The standard InChI is InChI=1S/C20H23ClN2O3/c1-2-15-3-9-19(10-4-15)26-14-18(24)13-22-11-12-23(20(22)25)17-7-5-16(21)6-8-17/h3-10,18,24H,2,11-14H2,1H3/t18-/m0/s1. The van der Waals surface area contributed by atoms with Crippen LogP contribution in [0.15, 0.2) is 48.5 Å². The number of rotatable bonds is 7. The SMILES string of the molecule is CCc1ccc(OC[C@@H](O)CN2CCN(c3ccc(Cl)cc3)C2=O)cc1. The molecular formula is C20H23ClN2O3. The van der Waals surface area contributed by atoms with Crippen molar-refractivity contribution in [2.75, 3.05) is 31.1 Å². The first-order chi connectivity index (χ1) is 12.6. The van der Waals surface area contributed by atoms with E-state index in [0.717, 1.165) is 17.9 Å². The molecule has 2 aromatic carbocycles. The smallest absolute Gasteiger partial charge is 0.324 e. The summed E-state index contributed by atoms with van der Waals surface area (Å²) in [6.45, 7) is 3.66. The molecule has 1 atom stereocenters. The van der Waals surface area contributed by atoms with E-state index in [1.165, 1.54) is 5.56 Å². The predicted molar refractivity (Wildman–Crippen MR) is 103 cm³/mol. The number of anilines is 1. The minimum absolute atomic E-state index is 0.112. The fraction of sp³-hybridized carbons (Fsp3) is 0.350. The molecule has 0 radical (unpaired) electrons. The van der Waals surface area contributed by atoms with E-state index in [-0.39, 0.29) is 19.2 Å². The summed E-state index contributed by atoms with van der Waals surface area (Å²) in [5.41, 5.74) is 2.05. The second kappa shape index (κ2) is 8.43. The van der Waals surface area contributed by atoms with Gasteiger partial charge in [0.05, 0.1) is 6.54 Å². The number of nitrogens with zero attached hydrogens (tertiary/aromatic N) is 2. The molecule has 5 nitrogen and oxygen atoms in total. The van der Waals surface area contributed by atoms with Crippen LogP contribution in [-0.4, -0.2) is 48.4 Å². The van der Waals surface area contributed by atoms with Gasteiger partial charge in [0.1, 0.15) is 18.5 Å². The maximum Gasteiger partial charge on any atom is 0.324 e. The highest BCUT2D eigenvalue weighted by Gasteiger charge is 2.30. The topological polar surface area (TPSA) is 53.0 Å². The number of hydrogen-bond acceptors (Lipinski definition) is 3. The van der Waals surface area contributed by atoms with Gasteiger partial charge >= 0.3 is 6.03 Å². The number of aliphatic hydroxyl groups excluding tert-OH is 1. The van der Waals surface area contributed by atoms with Crippen molar-refractivity contribution in [2.45, 2.75) is 19.4 Å². The third-order valence-corrected chi connectivity index (χ3v) is 4.69. The molecule has 1 saturated heterocycles. The van der Waals surface area contributed by atoms with Gasteiger partial charge in [0.25, 0.3) is 0 Å². The highest BCUT2D eigenvalue weighted by atomic mass is 35.5. The van der Waals surface area contributed by atoms with Crippen molar-refractivity contribution in [3.05, 3.63) is 59.1 Å². The number of halogens is 1. The maximum absolute atomic E-state index is 12.5. The Morgan fingerprint density at radius 1 is 1.12 bits per heavy atom. The summed E-state index contributed by atoms with van der Waals surface area (Å²) in [6, 6.07) is 14.9. The quantitative estimate of drug-likeness (QED) is 0.805. The molecule has 0 saturated carbocycles. The third-order valence-electron chi connectivity index (χ3n) is 4.44. The Hall–Kier alpha value is -2.24. The van der Waals surface area contributed by atoms with Crippen molar-refractivity contribution < 1.29 is 14.6 Å². The minimum Gasteiger partial charge on any atom is -0.491 e. The number of benzene rings is 2. The van der Waals surface area contributed by atoms with Crippen molar-refractivity contribution in [2.24, 2.45) is 0 Å². The first kappa shape index (κ1) is 18.5. The molecule has 0 unspecified atom stereocenters. The van der Waals surface area contributed by atoms with Crippen LogP contribution in [0.1, 0.15) is 12.5 Å². The van der Waals surface area contributed by atoms with Crippen LogP contribution in [0.4, 0.5) is 10.5 Å². The van der Waals surface area contributed by atoms with Gasteiger partial charge in [-0.3, -0.25) is 4.90 Å². The van der Waals surface area contributed by atoms with E-state index in [0.29, 0.717) is 18.1 Å². The average Bonchev–Trinajstić information content (AvgIpc) is 3.01. The molecule has 3 rings (SSSR count). The van der Waals surface area contributed by atoms with Crippen LogP contribution < -0.4 is 9.64 Å². The van der Waals surface area contributed by atoms with Crippen LogP contribution in [0.5, 0.6) is 5.75 Å². The molecule has 138 valence electrons. The molecule has 1 heterocycles. The molecule has 0 aliphatic carbocycles. The highest BCUT2D eigenvalue weighted by molar-refractivity contribution is 6.30. The number of urea groups is 1. The van der Waals surface area contributed by atoms with Crippen LogP contribution in [0.25, 0.3) is 0 Å². The highest BCUT2D eigenvalue weighted by Crippen LogP contribution is 2.22. The third kappa shape index (κ3) is 4.48. The number of carbonyl (C=O) groups is 1. The summed E-state index contributed by atoms with van der Waals surface area (Å²) in [5.74, 6) is 0.719. The van der Waals surface area contributed by atoms with Crippen LogP contribution >= 0.6 is 11.6 Å². The number of ether oxygens (including phenoxy) is 1. The lowest BCUT2D eigenvalue weighted by Crippen LogP contribution is -2.39. The molecule has 0 aromatic heterocycles. The van der Waals surface area contributed by atoms with Gasteiger partial charge in [-0.25, -0.2) is 4.79 Å². The van der Waals surface area contributed by atoms with Crippen molar-refractivity contribution >= 4 is 23.3 Å². The van der Waals surface area contributed by atoms with Crippen LogP contribution in [0.2, 0.25) is 5.02 Å². The number of aliphatic hydroxyl groups is 1. The zero-order valence-corrected chi connectivity index (χ0v) is 15.5. The average molecular weight is 375 g/mol. The molecule has 2 amide bonds. The van der Waals surface area contributed by atoms with E-state index in [1.807, 2.05) is 36.4 Å². The summed E-state index contributed by atoms with van der Waals surface area (Å²) >= 11 is 5.89. The van der Waals surface area contributed by atoms with E-state index in [9.17, 15) is 9.90 Å².